The molecule has 3 rings (SSSR count). The number of phenolic OH excluding ortho intramolecular Hbond substituents is 1. The summed E-state index contributed by atoms with van der Waals surface area (Å²) in [6, 6.07) is 23.0. The lowest BCUT2D eigenvalue weighted by Gasteiger charge is -2.06. The van der Waals surface area contributed by atoms with E-state index in [9.17, 15) is 5.11 Å². The first-order chi connectivity index (χ1) is 11.7. The highest BCUT2D eigenvalue weighted by molar-refractivity contribution is 5.83. The molecule has 2 N–H and O–H groups in total. The second-order valence-corrected chi connectivity index (χ2v) is 5.23. The molecule has 0 saturated heterocycles. The van der Waals surface area contributed by atoms with Crippen molar-refractivity contribution >= 4 is 23.3 Å². The Bertz CT molecular complexity index is 828. The van der Waals surface area contributed by atoms with Crippen LogP contribution in [0.1, 0.15) is 5.56 Å². The van der Waals surface area contributed by atoms with Crippen LogP contribution in [-0.2, 0) is 0 Å². The summed E-state index contributed by atoms with van der Waals surface area (Å²) in [5, 5.41) is 13.1. The van der Waals surface area contributed by atoms with Crippen LogP contribution in [0.15, 0.2) is 77.8 Å². The van der Waals surface area contributed by atoms with Crippen molar-refractivity contribution in [2.75, 3.05) is 12.4 Å². The van der Waals surface area contributed by atoms with Crippen LogP contribution >= 0.6 is 0 Å². The van der Waals surface area contributed by atoms with Crippen LogP contribution < -0.4 is 10.1 Å². The number of phenols is 1. The van der Waals surface area contributed by atoms with E-state index in [0.717, 1.165) is 22.6 Å². The SMILES string of the molecule is COc1ccc(C=Nc2ccc(Nc3ccccc3)cc2)cc1O. The molecule has 3 aromatic carbocycles. The number of rotatable bonds is 5. The highest BCUT2D eigenvalue weighted by Crippen LogP contribution is 2.26. The second kappa shape index (κ2) is 7.33. The van der Waals surface area contributed by atoms with Crippen molar-refractivity contribution in [3.63, 3.8) is 0 Å². The molecular weight excluding hydrogens is 300 g/mol. The molecule has 0 radical (unpaired) electrons. The molecule has 4 heteroatoms. The van der Waals surface area contributed by atoms with Crippen molar-refractivity contribution in [2.45, 2.75) is 0 Å². The fourth-order valence-electron chi connectivity index (χ4n) is 2.26. The maximum absolute atomic E-state index is 9.77. The highest BCUT2D eigenvalue weighted by Gasteiger charge is 2.00. The largest absolute Gasteiger partial charge is 0.504 e. The van der Waals surface area contributed by atoms with E-state index in [-0.39, 0.29) is 5.75 Å². The molecule has 0 fully saturated rings. The average Bonchev–Trinajstić information content (AvgIpc) is 2.62. The molecule has 3 aromatic rings. The molecule has 0 atom stereocenters. The van der Waals surface area contributed by atoms with Gasteiger partial charge in [0.25, 0.3) is 0 Å². The number of aliphatic imine (C=N–C) groups is 1. The molecule has 120 valence electrons. The fourth-order valence-corrected chi connectivity index (χ4v) is 2.26. The topological polar surface area (TPSA) is 53.8 Å². The van der Waals surface area contributed by atoms with Gasteiger partial charge in [0.2, 0.25) is 0 Å². The number of nitrogens with zero attached hydrogens (tertiary/aromatic N) is 1. The molecular formula is C20H18N2O2. The van der Waals surface area contributed by atoms with E-state index in [1.54, 1.807) is 18.3 Å². The molecule has 0 heterocycles. The van der Waals surface area contributed by atoms with Gasteiger partial charge in [0.05, 0.1) is 12.8 Å². The van der Waals surface area contributed by atoms with Gasteiger partial charge in [-0.1, -0.05) is 18.2 Å². The van der Waals surface area contributed by atoms with Crippen molar-refractivity contribution < 1.29 is 9.84 Å². The lowest BCUT2D eigenvalue weighted by molar-refractivity contribution is 0.373. The first kappa shape index (κ1) is 15.6. The van der Waals surface area contributed by atoms with E-state index >= 15 is 0 Å². The van der Waals surface area contributed by atoms with Crippen LogP contribution in [0.25, 0.3) is 0 Å². The summed E-state index contributed by atoms with van der Waals surface area (Å²) in [6.45, 7) is 0. The molecule has 0 amide bonds. The Morgan fingerprint density at radius 2 is 1.62 bits per heavy atom. The summed E-state index contributed by atoms with van der Waals surface area (Å²) in [5.74, 6) is 0.548. The maximum Gasteiger partial charge on any atom is 0.160 e. The number of benzene rings is 3. The number of nitrogens with one attached hydrogen (secondary N) is 1. The van der Waals surface area contributed by atoms with Crippen LogP contribution in [0.3, 0.4) is 0 Å². The molecule has 0 unspecified atom stereocenters. The Morgan fingerprint density at radius 1 is 0.917 bits per heavy atom. The molecule has 0 aliphatic rings. The van der Waals surface area contributed by atoms with Gasteiger partial charge in [0, 0.05) is 17.6 Å². The summed E-state index contributed by atoms with van der Waals surface area (Å²) in [6.07, 6.45) is 1.71. The normalized spacial score (nSPS) is 10.7. The minimum Gasteiger partial charge on any atom is -0.504 e. The molecule has 0 saturated carbocycles. The van der Waals surface area contributed by atoms with E-state index in [0.29, 0.717) is 5.75 Å². The van der Waals surface area contributed by atoms with Crippen LogP contribution in [-0.4, -0.2) is 18.4 Å². The number of anilines is 2. The van der Waals surface area contributed by atoms with Crippen LogP contribution in [0.2, 0.25) is 0 Å². The minimum absolute atomic E-state index is 0.101. The van der Waals surface area contributed by atoms with Gasteiger partial charge in [0.1, 0.15) is 0 Å². The van der Waals surface area contributed by atoms with Gasteiger partial charge < -0.3 is 15.2 Å². The first-order valence-electron chi connectivity index (χ1n) is 7.58. The van der Waals surface area contributed by atoms with Crippen molar-refractivity contribution in [1.29, 1.82) is 0 Å². The Morgan fingerprint density at radius 3 is 2.29 bits per heavy atom. The Balaban J connectivity index is 1.68. The maximum atomic E-state index is 9.77. The van der Waals surface area contributed by atoms with E-state index < -0.39 is 0 Å². The van der Waals surface area contributed by atoms with E-state index in [1.807, 2.05) is 60.7 Å². The smallest absolute Gasteiger partial charge is 0.160 e. The fraction of sp³-hybridized carbons (Fsp3) is 0.0500. The van der Waals surface area contributed by atoms with Crippen LogP contribution in [0.4, 0.5) is 17.1 Å². The average molecular weight is 318 g/mol. The molecule has 0 aliphatic carbocycles. The van der Waals surface area contributed by atoms with E-state index in [4.69, 9.17) is 4.74 Å². The molecule has 0 bridgehead atoms. The van der Waals surface area contributed by atoms with E-state index in [1.165, 1.54) is 7.11 Å². The van der Waals surface area contributed by atoms with Crippen LogP contribution in [0, 0.1) is 0 Å². The second-order valence-electron chi connectivity index (χ2n) is 5.23. The molecule has 0 aromatic heterocycles. The Labute approximate surface area is 141 Å². The molecule has 0 aliphatic heterocycles. The van der Waals surface area contributed by atoms with Crippen molar-refractivity contribution in [3.05, 3.63) is 78.4 Å². The van der Waals surface area contributed by atoms with Crippen molar-refractivity contribution in [2.24, 2.45) is 4.99 Å². The number of hydrogen-bond acceptors (Lipinski definition) is 4. The number of para-hydroxylation sites is 1. The number of methoxy groups -OCH3 is 1. The zero-order valence-electron chi connectivity index (χ0n) is 13.3. The zero-order valence-corrected chi connectivity index (χ0v) is 13.3. The third kappa shape index (κ3) is 3.93. The molecule has 24 heavy (non-hydrogen) atoms. The number of ether oxygens (including phenoxy) is 1. The summed E-state index contributed by atoms with van der Waals surface area (Å²) >= 11 is 0. The molecule has 0 spiro atoms. The van der Waals surface area contributed by atoms with Crippen molar-refractivity contribution in [3.8, 4) is 11.5 Å². The van der Waals surface area contributed by atoms with E-state index in [2.05, 4.69) is 10.3 Å². The van der Waals surface area contributed by atoms with Crippen molar-refractivity contribution in [1.82, 2.24) is 0 Å². The standard InChI is InChI=1S/C20H18N2O2/c1-24-20-12-7-15(13-19(20)23)14-21-16-8-10-18(11-9-16)22-17-5-3-2-4-6-17/h2-14,22-23H,1H3. The highest BCUT2D eigenvalue weighted by atomic mass is 16.5. The van der Waals surface area contributed by atoms with Gasteiger partial charge in [0.15, 0.2) is 11.5 Å². The summed E-state index contributed by atoms with van der Waals surface area (Å²) in [4.78, 5) is 4.42. The van der Waals surface area contributed by atoms with Gasteiger partial charge in [-0.05, 0) is 60.2 Å². The summed E-state index contributed by atoms with van der Waals surface area (Å²) < 4.78 is 5.02. The monoisotopic (exact) mass is 318 g/mol. The quantitative estimate of drug-likeness (QED) is 0.658. The summed E-state index contributed by atoms with van der Waals surface area (Å²) in [5.41, 5.74) is 3.69. The third-order valence-corrected chi connectivity index (χ3v) is 3.50. The lowest BCUT2D eigenvalue weighted by atomic mass is 10.2. The Kier molecular flexibility index (Phi) is 4.77. The van der Waals surface area contributed by atoms with Gasteiger partial charge in [-0.15, -0.1) is 0 Å². The zero-order chi connectivity index (χ0) is 16.8. The van der Waals surface area contributed by atoms with Gasteiger partial charge >= 0.3 is 0 Å². The lowest BCUT2D eigenvalue weighted by Crippen LogP contribution is -1.88. The predicted molar refractivity (Wildman–Crippen MR) is 98.1 cm³/mol. The number of aromatic hydroxyl groups is 1. The van der Waals surface area contributed by atoms with Gasteiger partial charge in [-0.2, -0.15) is 0 Å². The van der Waals surface area contributed by atoms with Gasteiger partial charge in [-0.3, -0.25) is 4.99 Å². The summed E-state index contributed by atoms with van der Waals surface area (Å²) in [7, 11) is 1.52. The van der Waals surface area contributed by atoms with Gasteiger partial charge in [-0.25, -0.2) is 0 Å². The van der Waals surface area contributed by atoms with Crippen LogP contribution in [0.5, 0.6) is 11.5 Å². The predicted octanol–water partition coefficient (Wildman–Crippen LogP) is 4.90. The minimum atomic E-state index is 0.101. The Hall–Kier alpha value is -3.27. The molecule has 4 nitrogen and oxygen atoms in total. The third-order valence-electron chi connectivity index (χ3n) is 3.50. The first-order valence-corrected chi connectivity index (χ1v) is 7.58. The number of hydrogen-bond donors (Lipinski definition) is 2.